The van der Waals surface area contributed by atoms with Gasteiger partial charge in [-0.2, -0.15) is 5.10 Å². The van der Waals surface area contributed by atoms with Crippen molar-refractivity contribution in [3.8, 4) is 11.3 Å². The van der Waals surface area contributed by atoms with E-state index in [1.807, 2.05) is 0 Å². The number of rotatable bonds is 5. The van der Waals surface area contributed by atoms with Crippen LogP contribution in [-0.4, -0.2) is 33.5 Å². The third-order valence-corrected chi connectivity index (χ3v) is 5.34. The summed E-state index contributed by atoms with van der Waals surface area (Å²) in [5.74, 6) is -1.29. The minimum Gasteiger partial charge on any atom is -0.353 e. The standard InChI is InChI=1S/C22H21F3N4O2/c1-3-18(30)28-20-12(2)19(25)21(27-16(20)10-23)13-6-7-14-11-26-29(17(14)9-13)22-15(24)5-4-8-31-22/h3,6-7,9,11,15,22H,1,4-5,8,10H2,2H3,(H,28,30). The van der Waals surface area contributed by atoms with Gasteiger partial charge in [0, 0.05) is 23.1 Å². The number of nitrogens with one attached hydrogen (secondary N) is 1. The zero-order valence-electron chi connectivity index (χ0n) is 16.9. The van der Waals surface area contributed by atoms with Crippen LogP contribution < -0.4 is 5.32 Å². The van der Waals surface area contributed by atoms with Gasteiger partial charge in [-0.3, -0.25) is 4.79 Å². The molecule has 1 N–H and O–H groups in total. The Hall–Kier alpha value is -3.20. The van der Waals surface area contributed by atoms with Crippen LogP contribution in [-0.2, 0) is 16.2 Å². The molecular formula is C22H21F3N4O2. The maximum absolute atomic E-state index is 15.2. The second-order valence-corrected chi connectivity index (χ2v) is 7.33. The fourth-order valence-corrected chi connectivity index (χ4v) is 3.71. The number of hydrogen-bond acceptors (Lipinski definition) is 4. The van der Waals surface area contributed by atoms with Crippen molar-refractivity contribution in [3.05, 3.63) is 54.1 Å². The lowest BCUT2D eigenvalue weighted by atomic mass is 10.0. The smallest absolute Gasteiger partial charge is 0.247 e. The Morgan fingerprint density at radius 3 is 2.97 bits per heavy atom. The Labute approximate surface area is 176 Å². The van der Waals surface area contributed by atoms with Gasteiger partial charge in [0.05, 0.1) is 23.1 Å². The number of carbonyl (C=O) groups excluding carboxylic acids is 1. The highest BCUT2D eigenvalue weighted by molar-refractivity contribution is 6.00. The molecule has 6 nitrogen and oxygen atoms in total. The second kappa shape index (κ2) is 8.50. The van der Waals surface area contributed by atoms with E-state index in [-0.39, 0.29) is 22.6 Å². The van der Waals surface area contributed by atoms with Gasteiger partial charge in [0.15, 0.2) is 12.0 Å². The first kappa shape index (κ1) is 21.0. The molecule has 3 aromatic rings. The SMILES string of the molecule is C=CC(=O)Nc1c(CF)nc(-c2ccc3cnn(C4OCCCC4F)c3c2)c(F)c1C. The van der Waals surface area contributed by atoms with Gasteiger partial charge in [0.25, 0.3) is 0 Å². The molecule has 0 bridgehead atoms. The summed E-state index contributed by atoms with van der Waals surface area (Å²) in [5.41, 5.74) is 0.792. The summed E-state index contributed by atoms with van der Waals surface area (Å²) in [6.07, 6.45) is 1.53. The number of ether oxygens (including phenoxy) is 1. The number of alkyl halides is 2. The van der Waals surface area contributed by atoms with Gasteiger partial charge in [-0.05, 0) is 31.9 Å². The Kier molecular flexibility index (Phi) is 5.77. The molecular weight excluding hydrogens is 409 g/mol. The monoisotopic (exact) mass is 430 g/mol. The minimum atomic E-state index is -1.21. The molecule has 2 unspecified atom stereocenters. The lowest BCUT2D eigenvalue weighted by molar-refractivity contribution is -0.111. The predicted molar refractivity (Wildman–Crippen MR) is 110 cm³/mol. The second-order valence-electron chi connectivity index (χ2n) is 7.33. The lowest BCUT2D eigenvalue weighted by Gasteiger charge is -2.27. The Morgan fingerprint density at radius 1 is 1.45 bits per heavy atom. The third-order valence-electron chi connectivity index (χ3n) is 5.34. The molecule has 162 valence electrons. The summed E-state index contributed by atoms with van der Waals surface area (Å²) in [6.45, 7) is 4.21. The molecule has 0 spiro atoms. The van der Waals surface area contributed by atoms with Gasteiger partial charge in [-0.15, -0.1) is 0 Å². The van der Waals surface area contributed by atoms with Crippen LogP contribution in [0.2, 0.25) is 0 Å². The topological polar surface area (TPSA) is 69.0 Å². The number of nitrogens with zero attached hydrogens (tertiary/aromatic N) is 3. The molecule has 1 fully saturated rings. The van der Waals surface area contributed by atoms with Crippen molar-refractivity contribution in [2.75, 3.05) is 11.9 Å². The number of benzene rings is 1. The number of amides is 1. The average Bonchev–Trinajstić information content (AvgIpc) is 3.20. The van der Waals surface area contributed by atoms with Gasteiger partial charge in [-0.25, -0.2) is 22.8 Å². The molecule has 1 aliphatic heterocycles. The highest BCUT2D eigenvalue weighted by Gasteiger charge is 2.29. The normalized spacial score (nSPS) is 18.8. The van der Waals surface area contributed by atoms with Crippen molar-refractivity contribution in [3.63, 3.8) is 0 Å². The average molecular weight is 430 g/mol. The van der Waals surface area contributed by atoms with E-state index >= 15 is 4.39 Å². The molecule has 3 heterocycles. The van der Waals surface area contributed by atoms with Crippen molar-refractivity contribution >= 4 is 22.5 Å². The molecule has 0 aliphatic carbocycles. The summed E-state index contributed by atoms with van der Waals surface area (Å²) < 4.78 is 50.3. The Balaban J connectivity index is 1.81. The molecule has 31 heavy (non-hydrogen) atoms. The number of carbonyl (C=O) groups is 1. The molecule has 9 heteroatoms. The highest BCUT2D eigenvalue weighted by atomic mass is 19.1. The molecule has 2 atom stereocenters. The molecule has 1 aromatic carbocycles. The largest absolute Gasteiger partial charge is 0.353 e. The molecule has 0 radical (unpaired) electrons. The first-order valence-electron chi connectivity index (χ1n) is 9.86. The Bertz CT molecular complexity index is 1160. The predicted octanol–water partition coefficient (Wildman–Crippen LogP) is 4.79. The van der Waals surface area contributed by atoms with Gasteiger partial charge in [0.1, 0.15) is 18.5 Å². The molecule has 0 saturated carbocycles. The molecule has 1 amide bonds. The maximum atomic E-state index is 15.2. The molecule has 2 aromatic heterocycles. The maximum Gasteiger partial charge on any atom is 0.247 e. The Morgan fingerprint density at radius 2 is 2.26 bits per heavy atom. The first-order chi connectivity index (χ1) is 14.9. The van der Waals surface area contributed by atoms with Gasteiger partial charge in [0.2, 0.25) is 5.91 Å². The zero-order chi connectivity index (χ0) is 22.1. The fourth-order valence-electron chi connectivity index (χ4n) is 3.71. The van der Waals surface area contributed by atoms with Crippen LogP contribution in [0.4, 0.5) is 18.9 Å². The van der Waals surface area contributed by atoms with Gasteiger partial charge < -0.3 is 10.1 Å². The number of hydrogen-bond donors (Lipinski definition) is 1. The van der Waals surface area contributed by atoms with Crippen LogP contribution in [0, 0.1) is 12.7 Å². The summed E-state index contributed by atoms with van der Waals surface area (Å²) >= 11 is 0. The van der Waals surface area contributed by atoms with Crippen LogP contribution >= 0.6 is 0 Å². The number of fused-ring (bicyclic) bond motifs is 1. The van der Waals surface area contributed by atoms with Crippen molar-refractivity contribution < 1.29 is 22.7 Å². The van der Waals surface area contributed by atoms with Crippen molar-refractivity contribution in [1.29, 1.82) is 0 Å². The zero-order valence-corrected chi connectivity index (χ0v) is 16.9. The van der Waals surface area contributed by atoms with Crippen molar-refractivity contribution in [2.24, 2.45) is 0 Å². The van der Waals surface area contributed by atoms with Crippen molar-refractivity contribution in [2.45, 2.75) is 38.8 Å². The van der Waals surface area contributed by atoms with Crippen LogP contribution in [0.1, 0.15) is 30.3 Å². The minimum absolute atomic E-state index is 0.0179. The van der Waals surface area contributed by atoms with E-state index in [1.165, 1.54) is 11.6 Å². The lowest BCUT2D eigenvalue weighted by Crippen LogP contribution is -2.29. The number of aromatic nitrogens is 3. The van der Waals surface area contributed by atoms with Crippen LogP contribution in [0.3, 0.4) is 0 Å². The summed E-state index contributed by atoms with van der Waals surface area (Å²) in [7, 11) is 0. The van der Waals surface area contributed by atoms with Crippen LogP contribution in [0.25, 0.3) is 22.2 Å². The van der Waals surface area contributed by atoms with E-state index in [1.54, 1.807) is 24.4 Å². The van der Waals surface area contributed by atoms with E-state index in [2.05, 4.69) is 22.0 Å². The van der Waals surface area contributed by atoms with E-state index in [4.69, 9.17) is 4.74 Å². The number of anilines is 1. The van der Waals surface area contributed by atoms with Crippen LogP contribution in [0.5, 0.6) is 0 Å². The number of halogens is 3. The number of pyridine rings is 1. The van der Waals surface area contributed by atoms with Crippen LogP contribution in [0.15, 0.2) is 37.1 Å². The quantitative estimate of drug-likeness (QED) is 0.591. The fraction of sp³-hybridized carbons (Fsp3) is 0.318. The van der Waals surface area contributed by atoms with E-state index in [0.717, 1.165) is 11.5 Å². The molecule has 1 saturated heterocycles. The van der Waals surface area contributed by atoms with E-state index < -0.39 is 30.8 Å². The summed E-state index contributed by atoms with van der Waals surface area (Å²) in [5, 5.41) is 7.39. The van der Waals surface area contributed by atoms with Gasteiger partial charge >= 0.3 is 0 Å². The van der Waals surface area contributed by atoms with Crippen molar-refractivity contribution in [1.82, 2.24) is 14.8 Å². The van der Waals surface area contributed by atoms with E-state index in [9.17, 15) is 13.6 Å². The summed E-state index contributed by atoms with van der Waals surface area (Å²) in [4.78, 5) is 15.8. The molecule has 4 rings (SSSR count). The summed E-state index contributed by atoms with van der Waals surface area (Å²) in [6, 6.07) is 4.98. The first-order valence-corrected chi connectivity index (χ1v) is 9.86. The highest BCUT2D eigenvalue weighted by Crippen LogP contribution is 2.34. The van der Waals surface area contributed by atoms with Gasteiger partial charge in [-0.1, -0.05) is 18.7 Å². The van der Waals surface area contributed by atoms with E-state index in [0.29, 0.717) is 30.5 Å². The molecule has 1 aliphatic rings. The third kappa shape index (κ3) is 3.81.